The van der Waals surface area contributed by atoms with E-state index in [0.717, 1.165) is 5.56 Å². The van der Waals surface area contributed by atoms with Gasteiger partial charge in [-0.05, 0) is 49.6 Å². The average molecular weight is 443 g/mol. The molecule has 1 heterocycles. The van der Waals surface area contributed by atoms with E-state index in [2.05, 4.69) is 0 Å². The van der Waals surface area contributed by atoms with Crippen molar-refractivity contribution in [2.45, 2.75) is 59.5 Å². The van der Waals surface area contributed by atoms with Crippen molar-refractivity contribution >= 4 is 76.3 Å². The van der Waals surface area contributed by atoms with E-state index < -0.39 is 32.2 Å². The molecule has 13 heteroatoms. The van der Waals surface area contributed by atoms with E-state index in [9.17, 15) is 5.11 Å². The van der Waals surface area contributed by atoms with Crippen molar-refractivity contribution in [1.29, 1.82) is 0 Å². The zero-order valence-corrected chi connectivity index (χ0v) is 20.3. The molecular weight excluding hydrogens is 422 g/mol. The standard InChI is InChI=1S/C22H21B9N2O2/c1-12-9-15(32)16(35-17(2,3)23)10-14(12)18(34)19(24,25)21(28,29)33(22(30,31)20(18,26)27)11-13-7-5-4-6-8-13/h4-10,34H,11,32H2,1-3H3. The number of aliphatic hydroxyl groups is 1. The van der Waals surface area contributed by atoms with Gasteiger partial charge in [0.1, 0.15) is 13.6 Å². The molecule has 0 bridgehead atoms. The van der Waals surface area contributed by atoms with Crippen molar-refractivity contribution in [3.05, 3.63) is 59.2 Å². The predicted octanol–water partition coefficient (Wildman–Crippen LogP) is -0.548. The van der Waals surface area contributed by atoms with E-state index in [1.807, 2.05) is 6.07 Å². The van der Waals surface area contributed by atoms with Gasteiger partial charge in [-0.3, -0.25) is 0 Å². The number of hydrogen-bond donors (Lipinski definition) is 2. The van der Waals surface area contributed by atoms with Gasteiger partial charge in [0.25, 0.3) is 0 Å². The van der Waals surface area contributed by atoms with Gasteiger partial charge < -0.3 is 20.5 Å². The van der Waals surface area contributed by atoms with Crippen LogP contribution < -0.4 is 10.5 Å². The third-order valence-electron chi connectivity index (χ3n) is 6.72. The number of benzene rings is 2. The zero-order chi connectivity index (χ0) is 26.8. The molecule has 158 valence electrons. The molecular formula is C22H21B9N2O2. The second-order valence-corrected chi connectivity index (χ2v) is 10.1. The summed E-state index contributed by atoms with van der Waals surface area (Å²) in [6, 6.07) is 11.9. The Morgan fingerprint density at radius 2 is 1.40 bits per heavy atom. The smallest absolute Gasteiger partial charge is 0.142 e. The minimum atomic E-state index is -2.60. The Morgan fingerprint density at radius 3 is 1.86 bits per heavy atom. The number of piperidine rings is 1. The maximum atomic E-state index is 12.3. The lowest BCUT2D eigenvalue weighted by Crippen LogP contribution is -2.82. The SMILES string of the molecule is [B]C(C)(C)Oc1cc(C2(O)C([B])([B])C([B])([B])N(Cc3ccccc3)C([B])([B])C2([B])[B])c(C)cc1N. The topological polar surface area (TPSA) is 58.7 Å². The fraction of sp³-hybridized carbons (Fsp3) is 0.455. The minimum Gasteiger partial charge on any atom is -0.496 e. The van der Waals surface area contributed by atoms with E-state index in [1.54, 1.807) is 45.0 Å². The van der Waals surface area contributed by atoms with Crippen LogP contribution in [0, 0.1) is 6.92 Å². The van der Waals surface area contributed by atoms with Crippen LogP contribution in [0.2, 0.25) is 10.4 Å². The van der Waals surface area contributed by atoms with Crippen LogP contribution in [-0.2, 0) is 12.1 Å². The minimum absolute atomic E-state index is 0.0147. The Kier molecular flexibility index (Phi) is 6.87. The highest BCUT2D eigenvalue weighted by atomic mass is 16.5. The van der Waals surface area contributed by atoms with Gasteiger partial charge in [-0.2, -0.15) is 0 Å². The summed E-state index contributed by atoms with van der Waals surface area (Å²) >= 11 is 0. The number of likely N-dealkylation sites (tertiary alicyclic amines) is 1. The van der Waals surface area contributed by atoms with E-state index in [1.165, 1.54) is 17.0 Å². The Balaban J connectivity index is 2.28. The van der Waals surface area contributed by atoms with Gasteiger partial charge in [0.2, 0.25) is 0 Å². The number of ether oxygens (including phenoxy) is 1. The van der Waals surface area contributed by atoms with Crippen LogP contribution >= 0.6 is 0 Å². The van der Waals surface area contributed by atoms with Gasteiger partial charge in [0, 0.05) is 6.54 Å². The maximum absolute atomic E-state index is 12.3. The molecule has 0 unspecified atom stereocenters. The number of nitrogens with two attached hydrogens (primary N) is 1. The Labute approximate surface area is 221 Å². The molecule has 1 saturated heterocycles. The highest BCUT2D eigenvalue weighted by Gasteiger charge is 2.69. The summed E-state index contributed by atoms with van der Waals surface area (Å²) in [5.41, 5.74) is 3.76. The van der Waals surface area contributed by atoms with Crippen LogP contribution in [0.5, 0.6) is 5.75 Å². The number of aryl methyl sites for hydroxylation is 1. The molecule has 1 fully saturated rings. The second kappa shape index (κ2) is 8.55. The van der Waals surface area contributed by atoms with Crippen LogP contribution in [0.15, 0.2) is 42.5 Å². The van der Waals surface area contributed by atoms with E-state index in [0.29, 0.717) is 5.56 Å². The van der Waals surface area contributed by atoms with Crippen LogP contribution in [0.3, 0.4) is 0 Å². The third-order valence-corrected chi connectivity index (χ3v) is 6.72. The summed E-state index contributed by atoms with van der Waals surface area (Å²) in [5.74, 6) is 0.115. The summed E-state index contributed by atoms with van der Waals surface area (Å²) in [6.07, 6.45) is 0. The van der Waals surface area contributed by atoms with Crippen molar-refractivity contribution in [3.8, 4) is 5.75 Å². The molecule has 0 aromatic heterocycles. The molecule has 18 radical (unpaired) electrons. The molecule has 0 amide bonds. The fourth-order valence-electron chi connectivity index (χ4n) is 4.62. The zero-order valence-electron chi connectivity index (χ0n) is 20.3. The number of nitrogen functional groups attached to an aromatic ring is 1. The molecule has 1 aliphatic rings. The normalized spacial score (nSPS) is 22.3. The van der Waals surface area contributed by atoms with Gasteiger partial charge in [-0.1, -0.05) is 51.4 Å². The summed E-state index contributed by atoms with van der Waals surface area (Å²) in [6.45, 7) is 4.84. The second-order valence-electron chi connectivity index (χ2n) is 10.1. The Hall–Kier alpha value is -1.46. The van der Waals surface area contributed by atoms with Gasteiger partial charge >= 0.3 is 0 Å². The largest absolute Gasteiger partial charge is 0.496 e. The lowest BCUT2D eigenvalue weighted by molar-refractivity contribution is -0.0946. The summed E-state index contributed by atoms with van der Waals surface area (Å²) in [5, 5.41) is 2.97. The van der Waals surface area contributed by atoms with Crippen LogP contribution in [0.25, 0.3) is 0 Å². The van der Waals surface area contributed by atoms with Crippen molar-refractivity contribution in [1.82, 2.24) is 4.90 Å². The Morgan fingerprint density at radius 1 is 0.914 bits per heavy atom. The van der Waals surface area contributed by atoms with Crippen molar-refractivity contribution in [3.63, 3.8) is 0 Å². The lowest BCUT2D eigenvalue weighted by Gasteiger charge is -2.77. The Bertz CT molecular complexity index is 1070. The predicted molar refractivity (Wildman–Crippen MR) is 149 cm³/mol. The van der Waals surface area contributed by atoms with E-state index in [4.69, 9.17) is 81.1 Å². The molecule has 3 rings (SSSR count). The highest BCUT2D eigenvalue weighted by molar-refractivity contribution is 6.61. The van der Waals surface area contributed by atoms with Crippen LogP contribution in [-0.4, -0.2) is 96.8 Å². The average Bonchev–Trinajstić information content (AvgIpc) is 2.71. The molecule has 0 saturated carbocycles. The summed E-state index contributed by atoms with van der Waals surface area (Å²) in [4.78, 5) is 1.18. The van der Waals surface area contributed by atoms with Gasteiger partial charge in [-0.15, -0.1) is 0 Å². The molecule has 0 aliphatic carbocycles. The molecule has 2 aromatic carbocycles. The first kappa shape index (κ1) is 28.1. The molecule has 0 atom stereocenters. The van der Waals surface area contributed by atoms with Gasteiger partial charge in [0.15, 0.2) is 0 Å². The first-order valence-electron chi connectivity index (χ1n) is 11.0. The molecule has 0 spiro atoms. The monoisotopic (exact) mass is 444 g/mol. The highest BCUT2D eigenvalue weighted by Crippen LogP contribution is 2.67. The third kappa shape index (κ3) is 4.15. The van der Waals surface area contributed by atoms with Crippen molar-refractivity contribution in [2.24, 2.45) is 0 Å². The molecule has 4 nitrogen and oxygen atoms in total. The van der Waals surface area contributed by atoms with Crippen molar-refractivity contribution in [2.75, 3.05) is 5.73 Å². The molecule has 2 aromatic rings. The van der Waals surface area contributed by atoms with Crippen LogP contribution in [0.1, 0.15) is 30.5 Å². The molecule has 35 heavy (non-hydrogen) atoms. The maximum Gasteiger partial charge on any atom is 0.142 e. The summed E-state index contributed by atoms with van der Waals surface area (Å²) < 4.78 is 5.75. The van der Waals surface area contributed by atoms with Crippen LogP contribution in [0.4, 0.5) is 5.69 Å². The first-order valence-corrected chi connectivity index (χ1v) is 11.0. The summed E-state index contributed by atoms with van der Waals surface area (Å²) in [7, 11) is 58.3. The quantitative estimate of drug-likeness (QED) is 0.482. The van der Waals surface area contributed by atoms with Gasteiger partial charge in [-0.25, -0.2) is 0 Å². The molecule has 3 N–H and O–H groups in total. The van der Waals surface area contributed by atoms with E-state index in [-0.39, 0.29) is 23.5 Å². The first-order chi connectivity index (χ1) is 15.7. The fourth-order valence-corrected chi connectivity index (χ4v) is 4.62. The molecule has 1 aliphatic heterocycles. The van der Waals surface area contributed by atoms with E-state index >= 15 is 0 Å². The number of nitrogens with zero attached hydrogens (tertiary/aromatic N) is 1. The lowest BCUT2D eigenvalue weighted by atomic mass is 9.14. The van der Waals surface area contributed by atoms with Crippen molar-refractivity contribution < 1.29 is 9.84 Å². The van der Waals surface area contributed by atoms with Gasteiger partial charge in [0.05, 0.1) is 79.6 Å². The number of rotatable bonds is 5. The number of anilines is 1. The number of hydrogen-bond acceptors (Lipinski definition) is 4.